The van der Waals surface area contributed by atoms with Gasteiger partial charge in [0, 0.05) is 30.1 Å². The zero-order valence-electron chi connectivity index (χ0n) is 12.8. The molecule has 0 radical (unpaired) electrons. The van der Waals surface area contributed by atoms with Gasteiger partial charge in [-0.25, -0.2) is 0 Å². The molecule has 5 nitrogen and oxygen atoms in total. The molecule has 3 saturated carbocycles. The van der Waals surface area contributed by atoms with Gasteiger partial charge in [-0.1, -0.05) is 0 Å². The summed E-state index contributed by atoms with van der Waals surface area (Å²) in [7, 11) is 0. The van der Waals surface area contributed by atoms with Crippen LogP contribution in [-0.2, 0) is 19.1 Å². The molecule has 0 aromatic carbocycles. The molecule has 3 saturated heterocycles. The Labute approximate surface area is 129 Å². The van der Waals surface area contributed by atoms with Crippen molar-refractivity contribution in [2.45, 2.75) is 57.3 Å². The van der Waals surface area contributed by atoms with E-state index in [1.54, 1.807) is 0 Å². The van der Waals surface area contributed by atoms with Gasteiger partial charge in [-0.3, -0.25) is 9.59 Å². The number of Topliss-reactive ketones (excluding diaryl/α,β-unsaturated/α-hetero) is 1. The third-order valence-electron chi connectivity index (χ3n) is 7.68. The highest BCUT2D eigenvalue weighted by Gasteiger charge is 2.79. The van der Waals surface area contributed by atoms with Crippen molar-refractivity contribution in [2.24, 2.45) is 28.6 Å². The molecule has 3 aliphatic carbocycles. The van der Waals surface area contributed by atoms with E-state index in [2.05, 4.69) is 0 Å². The summed E-state index contributed by atoms with van der Waals surface area (Å²) in [5, 5.41) is 10.9. The predicted molar refractivity (Wildman–Crippen MR) is 74.5 cm³/mol. The van der Waals surface area contributed by atoms with Crippen LogP contribution in [0.15, 0.2) is 0 Å². The molecule has 1 spiro atoms. The number of carbonyl (C=O) groups is 2. The number of hydrogen-bond donors (Lipinski definition) is 1. The van der Waals surface area contributed by atoms with E-state index in [1.165, 1.54) is 0 Å². The van der Waals surface area contributed by atoms with E-state index in [0.29, 0.717) is 31.7 Å². The molecule has 1 N–H and O–H groups in total. The summed E-state index contributed by atoms with van der Waals surface area (Å²) in [6.45, 7) is 2.28. The Bertz CT molecular complexity index is 576. The van der Waals surface area contributed by atoms with Gasteiger partial charge in [-0.2, -0.15) is 0 Å². The van der Waals surface area contributed by atoms with Gasteiger partial charge in [0.05, 0.1) is 6.61 Å². The second-order valence-electron chi connectivity index (χ2n) is 8.24. The number of fused-ring (bicyclic) bond motifs is 3. The van der Waals surface area contributed by atoms with Gasteiger partial charge in [0.25, 0.3) is 0 Å². The summed E-state index contributed by atoms with van der Waals surface area (Å²) >= 11 is 0. The van der Waals surface area contributed by atoms with Crippen LogP contribution in [0, 0.1) is 28.6 Å². The molecular formula is C17H22O5. The highest BCUT2D eigenvalue weighted by atomic mass is 16.6. The van der Waals surface area contributed by atoms with Gasteiger partial charge < -0.3 is 14.6 Å². The Balaban J connectivity index is 1.69. The maximum Gasteiger partial charge on any atom is 0.318 e. The van der Waals surface area contributed by atoms with Crippen LogP contribution in [0.3, 0.4) is 0 Å². The topological polar surface area (TPSA) is 72.8 Å². The summed E-state index contributed by atoms with van der Waals surface area (Å²) in [5.74, 6) is -1.10. The highest BCUT2D eigenvalue weighted by Crippen LogP contribution is 2.72. The molecule has 120 valence electrons. The van der Waals surface area contributed by atoms with Gasteiger partial charge in [0.1, 0.15) is 17.3 Å². The van der Waals surface area contributed by atoms with Gasteiger partial charge in [0.2, 0.25) is 0 Å². The first kappa shape index (κ1) is 13.5. The first-order chi connectivity index (χ1) is 10.4. The minimum atomic E-state index is -1.39. The van der Waals surface area contributed by atoms with E-state index in [9.17, 15) is 14.7 Å². The molecule has 6 rings (SSSR count). The lowest BCUT2D eigenvalue weighted by Crippen LogP contribution is -2.73. The molecule has 22 heavy (non-hydrogen) atoms. The second-order valence-corrected chi connectivity index (χ2v) is 8.24. The van der Waals surface area contributed by atoms with Crippen molar-refractivity contribution >= 4 is 11.8 Å². The summed E-state index contributed by atoms with van der Waals surface area (Å²) in [4.78, 5) is 25.0. The monoisotopic (exact) mass is 306 g/mol. The van der Waals surface area contributed by atoms with Crippen LogP contribution >= 0.6 is 0 Å². The minimum absolute atomic E-state index is 0.00727. The Morgan fingerprint density at radius 3 is 2.82 bits per heavy atom. The maximum absolute atomic E-state index is 12.6. The Hall–Kier alpha value is -0.940. The van der Waals surface area contributed by atoms with Crippen LogP contribution in [-0.4, -0.2) is 35.4 Å². The lowest BCUT2D eigenvalue weighted by atomic mass is 9.41. The van der Waals surface area contributed by atoms with Crippen molar-refractivity contribution in [3.05, 3.63) is 0 Å². The lowest BCUT2D eigenvalue weighted by Gasteiger charge is -2.66. The van der Waals surface area contributed by atoms with E-state index < -0.39 is 11.2 Å². The summed E-state index contributed by atoms with van der Waals surface area (Å²) in [5.41, 5.74) is -1.14. The van der Waals surface area contributed by atoms with Crippen LogP contribution in [0.2, 0.25) is 0 Å². The standard InChI is InChI=1S/C17H22O5/c1-15-13-12(22-14(15)19)7-9-10(3-2-4-11(9)18)16(13)5-6-17(15,20)21-8-16/h9-10,12-13,20H,2-8H2,1H3/t9-,10+,12+,13-,15-,16-,17-/m0/s1. The highest BCUT2D eigenvalue weighted by molar-refractivity contribution is 5.84. The van der Waals surface area contributed by atoms with Gasteiger partial charge >= 0.3 is 5.97 Å². The average Bonchev–Trinajstić information content (AvgIpc) is 2.77. The normalized spacial score (nSPS) is 59.0. The van der Waals surface area contributed by atoms with E-state index in [-0.39, 0.29) is 35.2 Å². The average molecular weight is 306 g/mol. The van der Waals surface area contributed by atoms with Crippen LogP contribution < -0.4 is 0 Å². The molecular weight excluding hydrogens is 284 g/mol. The molecule has 3 heterocycles. The Morgan fingerprint density at radius 1 is 1.27 bits per heavy atom. The zero-order valence-corrected chi connectivity index (χ0v) is 12.8. The molecule has 0 amide bonds. The zero-order chi connectivity index (χ0) is 15.3. The van der Waals surface area contributed by atoms with Gasteiger partial charge in [-0.15, -0.1) is 0 Å². The fourth-order valence-electron chi connectivity index (χ4n) is 6.68. The van der Waals surface area contributed by atoms with Crippen LogP contribution in [0.25, 0.3) is 0 Å². The Kier molecular flexibility index (Phi) is 2.30. The first-order valence-electron chi connectivity index (χ1n) is 8.52. The van der Waals surface area contributed by atoms with Gasteiger partial charge in [0.15, 0.2) is 5.79 Å². The van der Waals surface area contributed by atoms with Crippen molar-refractivity contribution < 1.29 is 24.2 Å². The third-order valence-corrected chi connectivity index (χ3v) is 7.68. The largest absolute Gasteiger partial charge is 0.461 e. The summed E-state index contributed by atoms with van der Waals surface area (Å²) in [6.07, 6.45) is 4.36. The van der Waals surface area contributed by atoms with E-state index in [1.807, 2.05) is 6.92 Å². The third kappa shape index (κ3) is 1.20. The molecule has 0 aromatic rings. The fraction of sp³-hybridized carbons (Fsp3) is 0.882. The van der Waals surface area contributed by atoms with E-state index in [0.717, 1.165) is 19.3 Å². The fourth-order valence-corrected chi connectivity index (χ4v) is 6.68. The minimum Gasteiger partial charge on any atom is -0.461 e. The smallest absolute Gasteiger partial charge is 0.318 e. The van der Waals surface area contributed by atoms with Crippen LogP contribution in [0.1, 0.15) is 45.4 Å². The SMILES string of the molecule is C[C@]12C(=O)O[C@@H]3C[C@@H]4C(=O)CCC[C@H]4[C@@]4(CC[C@]1(O)OC4)[C@@H]32. The number of ketones is 1. The molecule has 0 aromatic heterocycles. The van der Waals surface area contributed by atoms with Crippen LogP contribution in [0.5, 0.6) is 0 Å². The predicted octanol–water partition coefficient (Wildman–Crippen LogP) is 1.42. The number of hydrogen-bond acceptors (Lipinski definition) is 5. The number of carbonyl (C=O) groups excluding carboxylic acids is 2. The molecule has 3 aliphatic heterocycles. The van der Waals surface area contributed by atoms with Gasteiger partial charge in [-0.05, 0) is 38.5 Å². The van der Waals surface area contributed by atoms with Crippen molar-refractivity contribution in [1.82, 2.24) is 0 Å². The van der Waals surface area contributed by atoms with E-state index in [4.69, 9.17) is 9.47 Å². The number of aliphatic hydroxyl groups is 1. The van der Waals surface area contributed by atoms with E-state index >= 15 is 0 Å². The second kappa shape index (κ2) is 3.75. The number of esters is 1. The lowest BCUT2D eigenvalue weighted by molar-refractivity contribution is -0.375. The quantitative estimate of drug-likeness (QED) is 0.685. The van der Waals surface area contributed by atoms with Crippen molar-refractivity contribution in [1.29, 1.82) is 0 Å². The number of rotatable bonds is 0. The number of ether oxygens (including phenoxy) is 2. The molecule has 2 bridgehead atoms. The van der Waals surface area contributed by atoms with Crippen LogP contribution in [0.4, 0.5) is 0 Å². The summed E-state index contributed by atoms with van der Waals surface area (Å²) in [6, 6.07) is 0. The molecule has 0 unspecified atom stereocenters. The summed E-state index contributed by atoms with van der Waals surface area (Å²) < 4.78 is 11.5. The van der Waals surface area contributed by atoms with Crippen molar-refractivity contribution in [3.63, 3.8) is 0 Å². The molecule has 6 fully saturated rings. The van der Waals surface area contributed by atoms with Crippen molar-refractivity contribution in [2.75, 3.05) is 6.61 Å². The molecule has 6 aliphatic rings. The molecule has 5 heteroatoms. The molecule has 7 atom stereocenters. The maximum atomic E-state index is 12.6. The van der Waals surface area contributed by atoms with Crippen molar-refractivity contribution in [3.8, 4) is 0 Å². The Morgan fingerprint density at radius 2 is 2.09 bits per heavy atom. The first-order valence-corrected chi connectivity index (χ1v) is 8.52.